The van der Waals surface area contributed by atoms with E-state index in [1.165, 1.54) is 22.5 Å². The maximum Gasteiger partial charge on any atom is 0.264 e. The average Bonchev–Trinajstić information content (AvgIpc) is 2.87. The van der Waals surface area contributed by atoms with E-state index >= 15 is 0 Å². The fraction of sp³-hybridized carbons (Fsp3) is 0.0556. The molecule has 126 valence electrons. The van der Waals surface area contributed by atoms with Crippen molar-refractivity contribution in [1.82, 2.24) is 4.98 Å². The van der Waals surface area contributed by atoms with Gasteiger partial charge in [-0.2, -0.15) is 0 Å². The summed E-state index contributed by atoms with van der Waals surface area (Å²) in [7, 11) is -3.70. The lowest BCUT2D eigenvalue weighted by Gasteiger charge is -2.18. The molecule has 2 aromatic carbocycles. The number of anilines is 1. The fourth-order valence-corrected chi connectivity index (χ4v) is 4.41. The van der Waals surface area contributed by atoms with Crippen LogP contribution in [-0.4, -0.2) is 13.4 Å². The van der Waals surface area contributed by atoms with Gasteiger partial charge in [0.15, 0.2) is 0 Å². The maximum atomic E-state index is 14.1. The van der Waals surface area contributed by atoms with Gasteiger partial charge in [0.05, 0.1) is 17.1 Å². The van der Waals surface area contributed by atoms with Gasteiger partial charge in [-0.15, -0.1) is 0 Å². The van der Waals surface area contributed by atoms with Crippen LogP contribution in [0.3, 0.4) is 0 Å². The minimum atomic E-state index is -3.70. The number of aromatic nitrogens is 1. The molecule has 4 rings (SSSR count). The third kappa shape index (κ3) is 2.83. The summed E-state index contributed by atoms with van der Waals surface area (Å²) in [5.74, 6) is 0.124. The van der Waals surface area contributed by atoms with E-state index in [2.05, 4.69) is 4.98 Å². The first kappa shape index (κ1) is 15.6. The first-order valence-corrected chi connectivity index (χ1v) is 8.97. The van der Waals surface area contributed by atoms with Gasteiger partial charge in [0, 0.05) is 24.5 Å². The highest BCUT2D eigenvalue weighted by molar-refractivity contribution is 7.93. The van der Waals surface area contributed by atoms with Gasteiger partial charge in [-0.25, -0.2) is 12.8 Å². The molecule has 0 bridgehead atoms. The molecule has 1 aromatic heterocycles. The molecule has 1 aliphatic rings. The first-order valence-electron chi connectivity index (χ1n) is 7.53. The molecule has 0 unspecified atom stereocenters. The van der Waals surface area contributed by atoms with E-state index in [-0.39, 0.29) is 22.9 Å². The second-order valence-corrected chi connectivity index (χ2v) is 7.38. The van der Waals surface area contributed by atoms with Gasteiger partial charge in [-0.05, 0) is 29.8 Å². The van der Waals surface area contributed by atoms with Gasteiger partial charge in [0.2, 0.25) is 0 Å². The zero-order chi connectivity index (χ0) is 17.4. The normalized spacial score (nSPS) is 15.0. The minimum absolute atomic E-state index is 0.163. The van der Waals surface area contributed by atoms with E-state index in [1.54, 1.807) is 48.8 Å². The molecule has 25 heavy (non-hydrogen) atoms. The third-order valence-corrected chi connectivity index (χ3v) is 5.76. The number of ether oxygens (including phenoxy) is 1. The predicted octanol–water partition coefficient (Wildman–Crippen LogP) is 3.72. The Morgan fingerprint density at radius 2 is 1.76 bits per heavy atom. The SMILES string of the molecule is O=S1(=O)c2ccccc2CN1c1cc(F)cc(Oc2ccncc2)c1. The van der Waals surface area contributed by atoms with Gasteiger partial charge in [0.25, 0.3) is 10.0 Å². The largest absolute Gasteiger partial charge is 0.457 e. The monoisotopic (exact) mass is 356 g/mol. The first-order chi connectivity index (χ1) is 12.0. The molecule has 3 aromatic rings. The van der Waals surface area contributed by atoms with E-state index in [1.807, 2.05) is 0 Å². The molecule has 0 atom stereocenters. The summed E-state index contributed by atoms with van der Waals surface area (Å²) in [5, 5.41) is 0. The van der Waals surface area contributed by atoms with Gasteiger partial charge >= 0.3 is 0 Å². The van der Waals surface area contributed by atoms with E-state index in [4.69, 9.17) is 4.74 Å². The van der Waals surface area contributed by atoms with E-state index in [0.29, 0.717) is 11.3 Å². The number of fused-ring (bicyclic) bond motifs is 1. The average molecular weight is 356 g/mol. The number of hydrogen-bond acceptors (Lipinski definition) is 4. The van der Waals surface area contributed by atoms with Crippen LogP contribution in [0.5, 0.6) is 11.5 Å². The van der Waals surface area contributed by atoms with Crippen LogP contribution in [0, 0.1) is 5.82 Å². The second-order valence-electron chi connectivity index (χ2n) is 5.55. The van der Waals surface area contributed by atoms with Crippen molar-refractivity contribution >= 4 is 15.7 Å². The Bertz CT molecular complexity index is 1040. The molecule has 0 amide bonds. The molecular weight excluding hydrogens is 343 g/mol. The van der Waals surface area contributed by atoms with Crippen LogP contribution >= 0.6 is 0 Å². The lowest BCUT2D eigenvalue weighted by Crippen LogP contribution is -2.23. The highest BCUT2D eigenvalue weighted by Crippen LogP contribution is 2.36. The minimum Gasteiger partial charge on any atom is -0.457 e. The highest BCUT2D eigenvalue weighted by Gasteiger charge is 2.34. The summed E-state index contributed by atoms with van der Waals surface area (Å²) in [6.45, 7) is 0.163. The van der Waals surface area contributed by atoms with Crippen molar-refractivity contribution in [3.63, 3.8) is 0 Å². The van der Waals surface area contributed by atoms with Crippen LogP contribution < -0.4 is 9.04 Å². The Hall–Kier alpha value is -2.93. The summed E-state index contributed by atoms with van der Waals surface area (Å²) < 4.78 is 46.3. The van der Waals surface area contributed by atoms with Gasteiger partial charge in [0.1, 0.15) is 17.3 Å². The van der Waals surface area contributed by atoms with Crippen LogP contribution in [0.4, 0.5) is 10.1 Å². The Morgan fingerprint density at radius 3 is 2.52 bits per heavy atom. The predicted molar refractivity (Wildman–Crippen MR) is 90.5 cm³/mol. The molecule has 0 saturated carbocycles. The van der Waals surface area contributed by atoms with Crippen molar-refractivity contribution in [2.45, 2.75) is 11.4 Å². The number of hydrogen-bond donors (Lipinski definition) is 0. The number of rotatable bonds is 3. The third-order valence-electron chi connectivity index (χ3n) is 3.88. The molecule has 0 radical (unpaired) electrons. The van der Waals surface area contributed by atoms with E-state index < -0.39 is 15.8 Å². The summed E-state index contributed by atoms with van der Waals surface area (Å²) in [6, 6.07) is 13.9. The zero-order valence-corrected chi connectivity index (χ0v) is 13.8. The van der Waals surface area contributed by atoms with Crippen LogP contribution in [0.2, 0.25) is 0 Å². The lowest BCUT2D eigenvalue weighted by molar-refractivity contribution is 0.476. The smallest absolute Gasteiger partial charge is 0.264 e. The van der Waals surface area contributed by atoms with Crippen molar-refractivity contribution in [2.24, 2.45) is 0 Å². The second kappa shape index (κ2) is 5.86. The standard InChI is InChI=1S/C18H13FN2O3S/c19-14-9-15(11-17(10-14)24-16-5-7-20-8-6-16)21-12-13-3-1-2-4-18(13)25(21,22)23/h1-11H,12H2. The number of nitrogens with zero attached hydrogens (tertiary/aromatic N) is 2. The lowest BCUT2D eigenvalue weighted by atomic mass is 10.2. The highest BCUT2D eigenvalue weighted by atomic mass is 32.2. The molecule has 2 heterocycles. The molecule has 0 spiro atoms. The molecule has 1 aliphatic heterocycles. The van der Waals surface area contributed by atoms with Crippen LogP contribution in [-0.2, 0) is 16.6 Å². The van der Waals surface area contributed by atoms with E-state index in [0.717, 1.165) is 0 Å². The fourth-order valence-electron chi connectivity index (χ4n) is 2.77. The molecule has 0 aliphatic carbocycles. The summed E-state index contributed by atoms with van der Waals surface area (Å²) in [4.78, 5) is 4.13. The summed E-state index contributed by atoms with van der Waals surface area (Å²) in [5.41, 5.74) is 0.906. The Balaban J connectivity index is 1.72. The van der Waals surface area contributed by atoms with Gasteiger partial charge < -0.3 is 4.74 Å². The number of pyridine rings is 1. The summed E-state index contributed by atoms with van der Waals surface area (Å²) in [6.07, 6.45) is 3.11. The molecule has 0 N–H and O–H groups in total. The van der Waals surface area contributed by atoms with Gasteiger partial charge in [-0.1, -0.05) is 18.2 Å². The molecular formula is C18H13FN2O3S. The molecule has 0 fully saturated rings. The number of halogens is 1. The van der Waals surface area contributed by atoms with Gasteiger partial charge in [-0.3, -0.25) is 9.29 Å². The van der Waals surface area contributed by atoms with E-state index in [9.17, 15) is 12.8 Å². The quantitative estimate of drug-likeness (QED) is 0.718. The molecule has 7 heteroatoms. The molecule has 5 nitrogen and oxygen atoms in total. The topological polar surface area (TPSA) is 59.5 Å². The summed E-state index contributed by atoms with van der Waals surface area (Å²) >= 11 is 0. The molecule has 0 saturated heterocycles. The van der Waals surface area contributed by atoms with Crippen molar-refractivity contribution < 1.29 is 17.5 Å². The van der Waals surface area contributed by atoms with Crippen molar-refractivity contribution in [3.05, 3.63) is 78.4 Å². The Morgan fingerprint density at radius 1 is 1.00 bits per heavy atom. The van der Waals surface area contributed by atoms with Crippen molar-refractivity contribution in [2.75, 3.05) is 4.31 Å². The Labute approximate surface area is 144 Å². The van der Waals surface area contributed by atoms with Crippen LogP contribution in [0.25, 0.3) is 0 Å². The van der Waals surface area contributed by atoms with Crippen molar-refractivity contribution in [1.29, 1.82) is 0 Å². The number of benzene rings is 2. The number of sulfonamides is 1. The Kier molecular flexibility index (Phi) is 3.65. The van der Waals surface area contributed by atoms with Crippen molar-refractivity contribution in [3.8, 4) is 11.5 Å². The zero-order valence-electron chi connectivity index (χ0n) is 13.0. The maximum absolute atomic E-state index is 14.1. The van der Waals surface area contributed by atoms with Crippen LogP contribution in [0.15, 0.2) is 71.9 Å². The van der Waals surface area contributed by atoms with Crippen LogP contribution in [0.1, 0.15) is 5.56 Å².